The SMILES string of the molecule is O=C(N[C@H](Cc1ccc(Br)cc1)c1nc2ccc(F)cc2[nH]1)NC12CCC(O)(CC1)CC2. The Morgan fingerprint density at radius 2 is 1.81 bits per heavy atom. The van der Waals surface area contributed by atoms with E-state index >= 15 is 0 Å². The van der Waals surface area contributed by atoms with E-state index in [4.69, 9.17) is 0 Å². The van der Waals surface area contributed by atoms with Crippen molar-refractivity contribution >= 4 is 33.0 Å². The van der Waals surface area contributed by atoms with Crippen LogP contribution in [0.25, 0.3) is 11.0 Å². The third kappa shape index (κ3) is 4.38. The van der Waals surface area contributed by atoms with Crippen LogP contribution >= 0.6 is 15.9 Å². The zero-order valence-corrected chi connectivity index (χ0v) is 19.2. The molecule has 168 valence electrons. The van der Waals surface area contributed by atoms with E-state index in [0.29, 0.717) is 23.3 Å². The number of nitrogens with one attached hydrogen (secondary N) is 3. The average molecular weight is 501 g/mol. The number of urea groups is 1. The molecule has 2 aromatic carbocycles. The fourth-order valence-electron chi connectivity index (χ4n) is 5.03. The number of halogens is 2. The Bertz CT molecular complexity index is 1120. The van der Waals surface area contributed by atoms with E-state index in [1.165, 1.54) is 12.1 Å². The van der Waals surface area contributed by atoms with Crippen LogP contribution in [0.4, 0.5) is 9.18 Å². The summed E-state index contributed by atoms with van der Waals surface area (Å²) in [7, 11) is 0. The molecular weight excluding hydrogens is 475 g/mol. The van der Waals surface area contributed by atoms with Crippen molar-refractivity contribution in [1.29, 1.82) is 0 Å². The minimum absolute atomic E-state index is 0.244. The standard InChI is InChI=1S/C24H26BrFN4O2/c25-16-3-1-15(2-4-16)13-20(21-27-18-6-5-17(26)14-19(18)28-21)29-22(31)30-23-7-10-24(32,11-8-23)12-9-23/h1-6,14,20,32H,7-13H2,(H,27,28)(H2,29,30,31)/t20-,23?,24?/m1/s1. The van der Waals surface area contributed by atoms with Crippen LogP contribution in [-0.4, -0.2) is 32.2 Å². The first-order chi connectivity index (χ1) is 15.3. The number of amides is 2. The van der Waals surface area contributed by atoms with Gasteiger partial charge in [0.1, 0.15) is 11.6 Å². The molecule has 0 aliphatic heterocycles. The summed E-state index contributed by atoms with van der Waals surface area (Å²) in [6, 6.07) is 11.7. The first-order valence-electron chi connectivity index (χ1n) is 11.0. The molecule has 6 rings (SSSR count). The minimum Gasteiger partial charge on any atom is -0.390 e. The highest BCUT2D eigenvalue weighted by molar-refractivity contribution is 9.10. The van der Waals surface area contributed by atoms with Gasteiger partial charge in [0, 0.05) is 10.0 Å². The number of imidazole rings is 1. The minimum atomic E-state index is -0.548. The van der Waals surface area contributed by atoms with Gasteiger partial charge >= 0.3 is 6.03 Å². The number of benzene rings is 2. The lowest BCUT2D eigenvalue weighted by Crippen LogP contribution is -2.60. The molecule has 3 saturated carbocycles. The zero-order valence-electron chi connectivity index (χ0n) is 17.6. The summed E-state index contributed by atoms with van der Waals surface area (Å²) in [4.78, 5) is 20.9. The second-order valence-corrected chi connectivity index (χ2v) is 10.2. The first kappa shape index (κ1) is 21.4. The Balaban J connectivity index is 1.37. The van der Waals surface area contributed by atoms with Gasteiger partial charge in [-0.05, 0) is 80.8 Å². The number of carbonyl (C=O) groups is 1. The van der Waals surface area contributed by atoms with Crippen molar-refractivity contribution in [3.63, 3.8) is 0 Å². The number of rotatable bonds is 5. The van der Waals surface area contributed by atoms with E-state index in [1.54, 1.807) is 6.07 Å². The predicted octanol–water partition coefficient (Wildman–Crippen LogP) is 4.89. The molecule has 32 heavy (non-hydrogen) atoms. The normalized spacial score (nSPS) is 25.6. The molecule has 3 aliphatic rings. The molecule has 1 aromatic heterocycles. The molecule has 1 heterocycles. The highest BCUT2D eigenvalue weighted by Crippen LogP contribution is 2.46. The lowest BCUT2D eigenvalue weighted by atomic mass is 9.63. The number of hydrogen-bond donors (Lipinski definition) is 4. The molecule has 3 aliphatic carbocycles. The van der Waals surface area contributed by atoms with Crippen molar-refractivity contribution < 1.29 is 14.3 Å². The molecule has 3 fully saturated rings. The van der Waals surface area contributed by atoms with E-state index in [9.17, 15) is 14.3 Å². The fourth-order valence-corrected chi connectivity index (χ4v) is 5.29. The van der Waals surface area contributed by atoms with E-state index in [2.05, 4.69) is 36.5 Å². The number of carbonyl (C=O) groups excluding carboxylic acids is 1. The summed E-state index contributed by atoms with van der Waals surface area (Å²) in [6.07, 6.45) is 5.09. The highest BCUT2D eigenvalue weighted by atomic mass is 79.9. The van der Waals surface area contributed by atoms with Crippen molar-refractivity contribution in [3.8, 4) is 0 Å². The Morgan fingerprint density at radius 1 is 1.12 bits per heavy atom. The van der Waals surface area contributed by atoms with Gasteiger partial charge in [-0.15, -0.1) is 0 Å². The first-order valence-corrected chi connectivity index (χ1v) is 11.8. The third-order valence-electron chi connectivity index (χ3n) is 7.04. The van der Waals surface area contributed by atoms with Crippen LogP contribution < -0.4 is 10.6 Å². The van der Waals surface area contributed by atoms with E-state index < -0.39 is 11.6 Å². The maximum absolute atomic E-state index is 13.7. The summed E-state index contributed by atoms with van der Waals surface area (Å²) >= 11 is 3.45. The Morgan fingerprint density at radius 3 is 2.50 bits per heavy atom. The summed E-state index contributed by atoms with van der Waals surface area (Å²) in [6.45, 7) is 0. The fraction of sp³-hybridized carbons (Fsp3) is 0.417. The summed E-state index contributed by atoms with van der Waals surface area (Å²) in [5.74, 6) is 0.249. The smallest absolute Gasteiger partial charge is 0.315 e. The van der Waals surface area contributed by atoms with Crippen LogP contribution in [0.1, 0.15) is 56.0 Å². The number of H-pyrrole nitrogens is 1. The number of nitrogens with zero attached hydrogens (tertiary/aromatic N) is 1. The number of fused-ring (bicyclic) bond motifs is 4. The average Bonchev–Trinajstić information content (AvgIpc) is 3.19. The van der Waals surface area contributed by atoms with Crippen LogP contribution in [0.15, 0.2) is 46.9 Å². The second-order valence-electron chi connectivity index (χ2n) is 9.27. The maximum Gasteiger partial charge on any atom is 0.315 e. The lowest BCUT2D eigenvalue weighted by molar-refractivity contribution is -0.0694. The van der Waals surface area contributed by atoms with Crippen LogP contribution in [-0.2, 0) is 6.42 Å². The summed E-state index contributed by atoms with van der Waals surface area (Å²) in [5, 5.41) is 16.8. The Labute approximate surface area is 194 Å². The summed E-state index contributed by atoms with van der Waals surface area (Å²) in [5.41, 5.74) is 1.49. The van der Waals surface area contributed by atoms with Crippen LogP contribution in [0.3, 0.4) is 0 Å². The molecule has 2 amide bonds. The summed E-state index contributed by atoms with van der Waals surface area (Å²) < 4.78 is 14.6. The molecule has 1 atom stereocenters. The highest BCUT2D eigenvalue weighted by Gasteiger charge is 2.48. The molecule has 0 spiro atoms. The van der Waals surface area contributed by atoms with Crippen molar-refractivity contribution in [2.24, 2.45) is 0 Å². The molecule has 0 unspecified atom stereocenters. The molecule has 6 nitrogen and oxygen atoms in total. The van der Waals surface area contributed by atoms with Gasteiger partial charge in [-0.3, -0.25) is 0 Å². The maximum atomic E-state index is 13.7. The largest absolute Gasteiger partial charge is 0.390 e. The number of aromatic nitrogens is 2. The molecular formula is C24H26BrFN4O2. The van der Waals surface area contributed by atoms with E-state index in [1.807, 2.05) is 24.3 Å². The lowest BCUT2D eigenvalue weighted by Gasteiger charge is -2.51. The van der Waals surface area contributed by atoms with E-state index in [-0.39, 0.29) is 17.4 Å². The van der Waals surface area contributed by atoms with Crippen LogP contribution in [0.2, 0.25) is 0 Å². The van der Waals surface area contributed by atoms with Crippen molar-refractivity contribution in [2.45, 2.75) is 62.1 Å². The molecule has 0 saturated heterocycles. The molecule has 2 bridgehead atoms. The molecule has 4 N–H and O–H groups in total. The van der Waals surface area contributed by atoms with E-state index in [0.717, 1.165) is 48.6 Å². The molecule has 0 radical (unpaired) electrons. The van der Waals surface area contributed by atoms with Crippen LogP contribution in [0.5, 0.6) is 0 Å². The van der Waals surface area contributed by atoms with Crippen LogP contribution in [0, 0.1) is 5.82 Å². The number of aliphatic hydroxyl groups is 1. The van der Waals surface area contributed by atoms with Crippen molar-refractivity contribution in [2.75, 3.05) is 0 Å². The number of aromatic amines is 1. The topological polar surface area (TPSA) is 90.0 Å². The van der Waals surface area contributed by atoms with Gasteiger partial charge in [-0.2, -0.15) is 0 Å². The monoisotopic (exact) mass is 500 g/mol. The number of hydrogen-bond acceptors (Lipinski definition) is 3. The van der Waals surface area contributed by atoms with Gasteiger partial charge in [0.2, 0.25) is 0 Å². The van der Waals surface area contributed by atoms with Gasteiger partial charge in [0.15, 0.2) is 0 Å². The van der Waals surface area contributed by atoms with Gasteiger partial charge < -0.3 is 20.7 Å². The zero-order chi connectivity index (χ0) is 22.3. The Kier molecular flexibility index (Phi) is 5.45. The van der Waals surface area contributed by atoms with Crippen molar-refractivity contribution in [3.05, 3.63) is 64.1 Å². The van der Waals surface area contributed by atoms with Crippen molar-refractivity contribution in [1.82, 2.24) is 20.6 Å². The second kappa shape index (κ2) is 8.15. The Hall–Kier alpha value is -2.45. The van der Waals surface area contributed by atoms with Gasteiger partial charge in [0.25, 0.3) is 0 Å². The molecule has 8 heteroatoms. The predicted molar refractivity (Wildman–Crippen MR) is 124 cm³/mol. The molecule has 3 aromatic rings. The van der Waals surface area contributed by atoms with Gasteiger partial charge in [-0.1, -0.05) is 28.1 Å². The quantitative estimate of drug-likeness (QED) is 0.402. The third-order valence-corrected chi connectivity index (χ3v) is 7.56. The van der Waals surface area contributed by atoms with Gasteiger partial charge in [-0.25, -0.2) is 14.2 Å². The van der Waals surface area contributed by atoms with Gasteiger partial charge in [0.05, 0.1) is 22.7 Å².